The van der Waals surface area contributed by atoms with Crippen LogP contribution in [0.1, 0.15) is 73.1 Å². The van der Waals surface area contributed by atoms with Gasteiger partial charge in [-0.1, -0.05) is 61.4 Å². The molecule has 8 nitrogen and oxygen atoms in total. The molecule has 1 fully saturated rings. The van der Waals surface area contributed by atoms with Gasteiger partial charge in [-0.25, -0.2) is 9.97 Å². The van der Waals surface area contributed by atoms with Crippen LogP contribution in [0, 0.1) is 0 Å². The Morgan fingerprint density at radius 3 is 1.34 bits per heavy atom. The van der Waals surface area contributed by atoms with Crippen molar-refractivity contribution in [2.24, 2.45) is 0 Å². The Bertz CT molecular complexity index is 1770. The predicted molar refractivity (Wildman–Crippen MR) is 151 cm³/mol. The van der Waals surface area contributed by atoms with E-state index in [0.29, 0.717) is 23.3 Å². The van der Waals surface area contributed by atoms with Gasteiger partial charge in [0.25, 0.3) is 0 Å². The molecule has 5 heterocycles. The average Bonchev–Trinajstić information content (AvgIpc) is 3.73. The fourth-order valence-corrected chi connectivity index (χ4v) is 7.01. The summed E-state index contributed by atoms with van der Waals surface area (Å²) in [5.41, 5.74) is 7.76. The second-order valence-corrected chi connectivity index (χ2v) is 11.3. The molecule has 4 aromatic rings. The Hall–Kier alpha value is -3.94. The second-order valence-electron chi connectivity index (χ2n) is 11.3. The minimum absolute atomic E-state index is 0. The van der Waals surface area contributed by atoms with Gasteiger partial charge >= 0.3 is 17.1 Å². The van der Waals surface area contributed by atoms with E-state index in [1.165, 1.54) is 24.0 Å². The molecular formula is C32H26CuN8. The van der Waals surface area contributed by atoms with E-state index in [0.717, 1.165) is 83.7 Å². The van der Waals surface area contributed by atoms with E-state index in [-0.39, 0.29) is 28.9 Å². The first-order valence-corrected chi connectivity index (χ1v) is 14.4. The maximum Gasteiger partial charge on any atom is 2.00 e. The molecule has 41 heavy (non-hydrogen) atoms. The number of benzene rings is 2. The van der Waals surface area contributed by atoms with E-state index in [9.17, 15) is 0 Å². The van der Waals surface area contributed by atoms with Gasteiger partial charge < -0.3 is 29.9 Å². The summed E-state index contributed by atoms with van der Waals surface area (Å²) < 4.78 is 0. The van der Waals surface area contributed by atoms with Crippen LogP contribution in [0.4, 0.5) is 0 Å². The molecule has 9 heteroatoms. The zero-order chi connectivity index (χ0) is 26.2. The fourth-order valence-electron chi connectivity index (χ4n) is 7.01. The Kier molecular flexibility index (Phi) is 5.79. The third-order valence-corrected chi connectivity index (χ3v) is 8.98. The van der Waals surface area contributed by atoms with Gasteiger partial charge in [0.2, 0.25) is 0 Å². The number of hydrogen-bond donors (Lipinski definition) is 0. The summed E-state index contributed by atoms with van der Waals surface area (Å²) in [6.45, 7) is 0. The first-order chi connectivity index (χ1) is 19.8. The quantitative estimate of drug-likeness (QED) is 0.204. The minimum atomic E-state index is 0. The molecule has 1 saturated carbocycles. The third kappa shape index (κ3) is 3.86. The van der Waals surface area contributed by atoms with Crippen LogP contribution in [0.5, 0.6) is 0 Å². The molecule has 2 aromatic carbocycles. The van der Waals surface area contributed by atoms with E-state index in [2.05, 4.69) is 24.3 Å². The topological polar surface area (TPSA) is 106 Å². The van der Waals surface area contributed by atoms with Crippen molar-refractivity contribution in [2.75, 3.05) is 0 Å². The van der Waals surface area contributed by atoms with Crippen molar-refractivity contribution in [3.8, 4) is 45.6 Å². The number of aryl methyl sites for hydroxylation is 2. The van der Waals surface area contributed by atoms with Crippen LogP contribution in [-0.2, 0) is 29.9 Å². The first kappa shape index (κ1) is 24.8. The molecule has 9 rings (SSSR count). The summed E-state index contributed by atoms with van der Waals surface area (Å²) in [7, 11) is 0. The third-order valence-electron chi connectivity index (χ3n) is 8.98. The Morgan fingerprint density at radius 2 is 0.902 bits per heavy atom. The van der Waals surface area contributed by atoms with Gasteiger partial charge in [0.05, 0.1) is 23.3 Å². The molecule has 1 unspecified atom stereocenters. The van der Waals surface area contributed by atoms with Gasteiger partial charge in [0.1, 0.15) is 0 Å². The summed E-state index contributed by atoms with van der Waals surface area (Å²) in [6.07, 6.45) is 8.61. The molecular weight excluding hydrogens is 560 g/mol. The minimum Gasteiger partial charge on any atom is -0.366 e. The summed E-state index contributed by atoms with van der Waals surface area (Å²) in [6, 6.07) is 16.4. The molecule has 1 radical (unpaired) electrons. The van der Waals surface area contributed by atoms with Crippen LogP contribution < -0.4 is 9.97 Å². The number of fused-ring (bicyclic) bond motifs is 20. The van der Waals surface area contributed by atoms with Gasteiger partial charge in [-0.05, 0) is 73.1 Å². The summed E-state index contributed by atoms with van der Waals surface area (Å²) in [4.78, 5) is 40.4. The van der Waals surface area contributed by atoms with E-state index in [1.807, 2.05) is 24.3 Å². The zero-order valence-corrected chi connectivity index (χ0v) is 23.3. The number of hydrogen-bond acceptors (Lipinski definition) is 6. The SMILES string of the molecule is [Cu+2].c1ccc2c(c1)-c1nc-2nc2[n-]c(nc3nc(nc4[n-]c(n1)C1CCCC[C@H]41)-c1ccccc1-3)c1c2CCCC1. The number of rotatable bonds is 0. The molecule has 3 aliphatic heterocycles. The molecule has 2 aliphatic carbocycles. The largest absolute Gasteiger partial charge is 2.00 e. The van der Waals surface area contributed by atoms with Crippen molar-refractivity contribution in [2.45, 2.75) is 63.2 Å². The normalized spacial score (nSPS) is 19.2. The maximum atomic E-state index is 5.12. The van der Waals surface area contributed by atoms with Crippen LogP contribution >= 0.6 is 0 Å². The summed E-state index contributed by atoms with van der Waals surface area (Å²) in [5.74, 6) is 4.82. The van der Waals surface area contributed by atoms with Crippen molar-refractivity contribution < 1.29 is 17.1 Å². The Labute approximate surface area is 247 Å². The van der Waals surface area contributed by atoms with E-state index in [4.69, 9.17) is 39.9 Å². The molecule has 5 aliphatic rings. The van der Waals surface area contributed by atoms with E-state index < -0.39 is 0 Å². The van der Waals surface area contributed by atoms with Crippen molar-refractivity contribution in [1.29, 1.82) is 0 Å². The van der Waals surface area contributed by atoms with Gasteiger partial charge in [0.15, 0.2) is 0 Å². The smallest absolute Gasteiger partial charge is 0.366 e. The van der Waals surface area contributed by atoms with Gasteiger partial charge in [-0.15, -0.1) is 0 Å². The molecule has 205 valence electrons. The number of aromatic nitrogens is 8. The Morgan fingerprint density at radius 1 is 0.488 bits per heavy atom. The maximum absolute atomic E-state index is 5.12. The van der Waals surface area contributed by atoms with Crippen LogP contribution in [0.2, 0.25) is 0 Å². The van der Waals surface area contributed by atoms with Crippen molar-refractivity contribution >= 4 is 11.3 Å². The van der Waals surface area contributed by atoms with Crippen LogP contribution in [0.25, 0.3) is 56.8 Å². The van der Waals surface area contributed by atoms with Gasteiger partial charge in [-0.2, -0.15) is 0 Å². The second kappa shape index (κ2) is 9.57. The molecule has 2 atom stereocenters. The zero-order valence-electron chi connectivity index (χ0n) is 22.3. The van der Waals surface area contributed by atoms with E-state index in [1.54, 1.807) is 0 Å². The van der Waals surface area contributed by atoms with Crippen LogP contribution in [0.15, 0.2) is 48.5 Å². The van der Waals surface area contributed by atoms with Crippen LogP contribution in [0.3, 0.4) is 0 Å². The molecule has 0 spiro atoms. The van der Waals surface area contributed by atoms with E-state index >= 15 is 0 Å². The Balaban J connectivity index is 0.00000256. The monoisotopic (exact) mass is 585 g/mol. The predicted octanol–water partition coefficient (Wildman–Crippen LogP) is 5.86. The molecule has 0 N–H and O–H groups in total. The number of nitrogens with zero attached hydrogens (tertiary/aromatic N) is 8. The molecule has 0 amide bonds. The average molecular weight is 586 g/mol. The first-order valence-electron chi connectivity index (χ1n) is 14.4. The molecule has 8 bridgehead atoms. The standard InChI is InChI=1S/C32H26N8.Cu/c1-2-10-18-17(9-1)25-33-26(18)38-28-21-13-5-6-14-22(21)30(35-28)40-32-24-16-8-7-15-23(24)31(36-32)39-29-20-12-4-3-11-19(20)27(34-29)37-25;/h1-2,7-10,15-16,19-20H,3-6,11-14H2;/q-2;+2/t19-,20?;/m0./s1. The molecule has 0 saturated heterocycles. The van der Waals surface area contributed by atoms with Crippen LogP contribution in [-0.4, -0.2) is 29.9 Å². The van der Waals surface area contributed by atoms with Crippen molar-refractivity contribution in [1.82, 2.24) is 39.9 Å². The fraction of sp³-hybridized carbons (Fsp3) is 0.312. The van der Waals surface area contributed by atoms with Gasteiger partial charge in [0, 0.05) is 33.5 Å². The van der Waals surface area contributed by atoms with Crippen molar-refractivity contribution in [3.63, 3.8) is 0 Å². The summed E-state index contributed by atoms with van der Waals surface area (Å²) in [5, 5.41) is 0. The summed E-state index contributed by atoms with van der Waals surface area (Å²) >= 11 is 0. The van der Waals surface area contributed by atoms with Gasteiger partial charge in [-0.3, -0.25) is 0 Å². The van der Waals surface area contributed by atoms with Crippen molar-refractivity contribution in [3.05, 3.63) is 71.3 Å². The molecule has 2 aromatic heterocycles.